The van der Waals surface area contributed by atoms with Crippen LogP contribution in [0.4, 0.5) is 22.9 Å². The second-order valence-corrected chi connectivity index (χ2v) is 7.20. The highest BCUT2D eigenvalue weighted by Crippen LogP contribution is 2.22. The van der Waals surface area contributed by atoms with Gasteiger partial charge < -0.3 is 25.0 Å². The predicted molar refractivity (Wildman–Crippen MR) is 113 cm³/mol. The van der Waals surface area contributed by atoms with Crippen LogP contribution in [-0.2, 0) is 0 Å². The van der Waals surface area contributed by atoms with Crippen LogP contribution < -0.4 is 15.5 Å². The van der Waals surface area contributed by atoms with E-state index in [9.17, 15) is 4.79 Å². The van der Waals surface area contributed by atoms with Gasteiger partial charge >= 0.3 is 0 Å². The van der Waals surface area contributed by atoms with Crippen molar-refractivity contribution < 1.29 is 9.32 Å². The van der Waals surface area contributed by atoms with Crippen LogP contribution in [0.15, 0.2) is 53.3 Å². The smallest absolute Gasteiger partial charge is 0.258 e. The molecule has 1 amide bonds. The molecule has 2 N–H and O–H groups in total. The zero-order valence-corrected chi connectivity index (χ0v) is 16.6. The van der Waals surface area contributed by atoms with E-state index in [-0.39, 0.29) is 5.91 Å². The van der Waals surface area contributed by atoms with E-state index in [2.05, 4.69) is 49.8 Å². The lowest BCUT2D eigenvalue weighted by atomic mass is 10.2. The van der Waals surface area contributed by atoms with E-state index >= 15 is 0 Å². The van der Waals surface area contributed by atoms with E-state index in [1.165, 1.54) is 11.9 Å². The van der Waals surface area contributed by atoms with Gasteiger partial charge in [-0.3, -0.25) is 9.78 Å². The van der Waals surface area contributed by atoms with Crippen molar-refractivity contribution in [2.75, 3.05) is 48.8 Å². The number of pyridine rings is 1. The van der Waals surface area contributed by atoms with E-state index in [0.717, 1.165) is 37.6 Å². The minimum atomic E-state index is -0.292. The summed E-state index contributed by atoms with van der Waals surface area (Å²) < 4.78 is 4.96. The Labute approximate surface area is 169 Å². The van der Waals surface area contributed by atoms with Crippen LogP contribution in [0.1, 0.15) is 16.1 Å². The number of nitrogens with one attached hydrogen (secondary N) is 2. The number of hydrogen-bond donors (Lipinski definition) is 2. The fourth-order valence-corrected chi connectivity index (χ4v) is 3.23. The molecular formula is C21H24N6O2. The lowest BCUT2D eigenvalue weighted by molar-refractivity contribution is 0.102. The number of carbonyl (C=O) groups excluding carboxylic acids is 1. The Balaban J connectivity index is 1.40. The van der Waals surface area contributed by atoms with Crippen molar-refractivity contribution in [1.29, 1.82) is 0 Å². The number of anilines is 4. The van der Waals surface area contributed by atoms with Crippen LogP contribution in [0.3, 0.4) is 0 Å². The number of rotatable bonds is 5. The number of piperazine rings is 1. The van der Waals surface area contributed by atoms with Crippen molar-refractivity contribution in [2.24, 2.45) is 0 Å². The van der Waals surface area contributed by atoms with E-state index in [0.29, 0.717) is 17.1 Å². The largest absolute Gasteiger partial charge is 0.369 e. The molecule has 0 radical (unpaired) electrons. The predicted octanol–water partition coefficient (Wildman–Crippen LogP) is 3.13. The minimum Gasteiger partial charge on any atom is -0.369 e. The molecule has 0 saturated carbocycles. The summed E-state index contributed by atoms with van der Waals surface area (Å²) in [6.07, 6.45) is 3.20. The highest BCUT2D eigenvalue weighted by molar-refractivity contribution is 6.04. The normalized spacial score (nSPS) is 14.6. The summed E-state index contributed by atoms with van der Waals surface area (Å²) in [5.41, 5.74) is 3.33. The Kier molecular flexibility index (Phi) is 5.44. The average molecular weight is 392 g/mol. The van der Waals surface area contributed by atoms with Crippen LogP contribution in [0.25, 0.3) is 0 Å². The van der Waals surface area contributed by atoms with E-state index in [4.69, 9.17) is 4.52 Å². The second-order valence-electron chi connectivity index (χ2n) is 7.20. The number of likely N-dealkylation sites (N-methyl/N-ethyl adjacent to an activating group) is 1. The maximum absolute atomic E-state index is 12.4. The van der Waals surface area contributed by atoms with E-state index in [1.54, 1.807) is 25.3 Å². The molecule has 0 spiro atoms. The van der Waals surface area contributed by atoms with Gasteiger partial charge in [0, 0.05) is 49.8 Å². The number of hydrogen-bond acceptors (Lipinski definition) is 7. The van der Waals surface area contributed by atoms with Crippen LogP contribution in [0.5, 0.6) is 0 Å². The third kappa shape index (κ3) is 4.72. The van der Waals surface area contributed by atoms with Gasteiger partial charge in [-0.2, -0.15) is 0 Å². The Morgan fingerprint density at radius 3 is 2.48 bits per heavy atom. The number of aromatic nitrogens is 2. The summed E-state index contributed by atoms with van der Waals surface area (Å²) in [5.74, 6) is 0.721. The van der Waals surface area contributed by atoms with Gasteiger partial charge in [0.05, 0.1) is 17.4 Å². The summed E-state index contributed by atoms with van der Waals surface area (Å²) in [6, 6.07) is 11.7. The number of carbonyl (C=O) groups is 1. The fraction of sp³-hybridized carbons (Fsp3) is 0.286. The van der Waals surface area contributed by atoms with Crippen LogP contribution >= 0.6 is 0 Å². The van der Waals surface area contributed by atoms with Crippen molar-refractivity contribution in [3.05, 3.63) is 60.1 Å². The molecule has 1 aliphatic rings. The number of benzene rings is 1. The van der Waals surface area contributed by atoms with Gasteiger partial charge in [-0.05, 0) is 44.3 Å². The molecule has 8 heteroatoms. The molecule has 8 nitrogen and oxygen atoms in total. The summed E-state index contributed by atoms with van der Waals surface area (Å²) in [6.45, 7) is 6.00. The molecule has 150 valence electrons. The Hall–Kier alpha value is -3.39. The molecule has 3 aromatic rings. The van der Waals surface area contributed by atoms with Crippen molar-refractivity contribution in [1.82, 2.24) is 15.0 Å². The van der Waals surface area contributed by atoms with Gasteiger partial charge in [-0.15, -0.1) is 0 Å². The highest BCUT2D eigenvalue weighted by atomic mass is 16.5. The molecule has 3 heterocycles. The summed E-state index contributed by atoms with van der Waals surface area (Å²) >= 11 is 0. The van der Waals surface area contributed by atoms with Gasteiger partial charge in [0.15, 0.2) is 5.82 Å². The number of nitrogens with zero attached hydrogens (tertiary/aromatic N) is 4. The van der Waals surface area contributed by atoms with E-state index < -0.39 is 0 Å². The van der Waals surface area contributed by atoms with Gasteiger partial charge in [0.1, 0.15) is 5.76 Å². The molecule has 0 atom stereocenters. The first-order chi connectivity index (χ1) is 14.1. The van der Waals surface area contributed by atoms with Crippen molar-refractivity contribution in [3.8, 4) is 0 Å². The maximum Gasteiger partial charge on any atom is 0.258 e. The lowest BCUT2D eigenvalue weighted by Crippen LogP contribution is -2.44. The van der Waals surface area contributed by atoms with Gasteiger partial charge in [0.2, 0.25) is 0 Å². The quantitative estimate of drug-likeness (QED) is 0.690. The maximum atomic E-state index is 12.4. The standard InChI is InChI=1S/C21H24N6O2/c1-15-11-20(25-29-15)24-21(28)16-12-18(14-22-13-16)23-17-3-5-19(6-4-17)27-9-7-26(2)8-10-27/h3-6,11-14,23H,7-10H2,1-2H3,(H,24,25,28). The van der Waals surface area contributed by atoms with Crippen molar-refractivity contribution in [3.63, 3.8) is 0 Å². The van der Waals surface area contributed by atoms with Gasteiger partial charge in [0.25, 0.3) is 5.91 Å². The monoisotopic (exact) mass is 392 g/mol. The SMILES string of the molecule is Cc1cc(NC(=O)c2cncc(Nc3ccc(N4CCN(C)CC4)cc3)c2)no1. The lowest BCUT2D eigenvalue weighted by Gasteiger charge is -2.34. The summed E-state index contributed by atoms with van der Waals surface area (Å²) in [5, 5.41) is 9.77. The first-order valence-corrected chi connectivity index (χ1v) is 9.57. The molecule has 0 unspecified atom stereocenters. The molecule has 1 aromatic carbocycles. The molecule has 0 bridgehead atoms. The van der Waals surface area contributed by atoms with Crippen molar-refractivity contribution >= 4 is 28.8 Å². The Morgan fingerprint density at radius 2 is 1.79 bits per heavy atom. The first-order valence-electron chi connectivity index (χ1n) is 9.57. The zero-order chi connectivity index (χ0) is 20.2. The second kappa shape index (κ2) is 8.32. The van der Waals surface area contributed by atoms with E-state index in [1.807, 2.05) is 12.1 Å². The molecule has 1 aliphatic heterocycles. The fourth-order valence-electron chi connectivity index (χ4n) is 3.23. The number of aryl methyl sites for hydroxylation is 1. The van der Waals surface area contributed by atoms with Crippen molar-refractivity contribution in [2.45, 2.75) is 6.92 Å². The zero-order valence-electron chi connectivity index (χ0n) is 16.6. The molecular weight excluding hydrogens is 368 g/mol. The van der Waals surface area contributed by atoms with Crippen LogP contribution in [0, 0.1) is 6.92 Å². The third-order valence-corrected chi connectivity index (χ3v) is 4.89. The Morgan fingerprint density at radius 1 is 1.03 bits per heavy atom. The molecule has 2 aromatic heterocycles. The molecule has 1 fully saturated rings. The van der Waals surface area contributed by atoms with Gasteiger partial charge in [-0.25, -0.2) is 0 Å². The average Bonchev–Trinajstić information content (AvgIpc) is 3.14. The highest BCUT2D eigenvalue weighted by Gasteiger charge is 2.14. The van der Waals surface area contributed by atoms with Crippen LogP contribution in [-0.4, -0.2) is 54.2 Å². The summed E-state index contributed by atoms with van der Waals surface area (Å²) in [4.78, 5) is 21.3. The first kappa shape index (κ1) is 18.9. The topological polar surface area (TPSA) is 86.5 Å². The Bertz CT molecular complexity index is 977. The minimum absolute atomic E-state index is 0.292. The molecule has 29 heavy (non-hydrogen) atoms. The third-order valence-electron chi connectivity index (χ3n) is 4.89. The van der Waals surface area contributed by atoms with Gasteiger partial charge in [-0.1, -0.05) is 5.16 Å². The molecule has 0 aliphatic carbocycles. The molecule has 4 rings (SSSR count). The summed E-state index contributed by atoms with van der Waals surface area (Å²) in [7, 11) is 2.15. The van der Waals surface area contributed by atoms with Crippen LogP contribution in [0.2, 0.25) is 0 Å². The molecule has 1 saturated heterocycles. The number of amides is 1.